The predicted octanol–water partition coefficient (Wildman–Crippen LogP) is 4.32. The summed E-state index contributed by atoms with van der Waals surface area (Å²) in [4.78, 5) is 16.3. The molecule has 0 amide bonds. The molecule has 150 valence electrons. The summed E-state index contributed by atoms with van der Waals surface area (Å²) in [5, 5.41) is 4.92. The summed E-state index contributed by atoms with van der Waals surface area (Å²) in [6, 6.07) is 16.3. The smallest absolute Gasteiger partial charge is 0.336 e. The molecule has 5 nitrogen and oxygen atoms in total. The topological polar surface area (TPSA) is 48.7 Å². The number of benzene rings is 2. The van der Waals surface area contributed by atoms with Gasteiger partial charge < -0.3 is 19.5 Å². The lowest BCUT2D eigenvalue weighted by atomic mass is 10.1. The van der Waals surface area contributed by atoms with Gasteiger partial charge in [-0.3, -0.25) is 0 Å². The van der Waals surface area contributed by atoms with Gasteiger partial charge in [-0.05, 0) is 62.8 Å². The largest absolute Gasteiger partial charge is 0.423 e. The summed E-state index contributed by atoms with van der Waals surface area (Å²) in [5.41, 5.74) is 4.49. The van der Waals surface area contributed by atoms with Gasteiger partial charge >= 0.3 is 5.63 Å². The van der Waals surface area contributed by atoms with Gasteiger partial charge in [-0.15, -0.1) is 0 Å². The normalized spacial score (nSPS) is 16.9. The lowest BCUT2D eigenvalue weighted by Gasteiger charge is -2.42. The third-order valence-electron chi connectivity index (χ3n) is 5.48. The molecule has 6 heteroatoms. The van der Waals surface area contributed by atoms with Crippen molar-refractivity contribution in [2.45, 2.75) is 26.8 Å². The molecular formula is C23H25N3O2S. The van der Waals surface area contributed by atoms with Crippen LogP contribution >= 0.6 is 12.2 Å². The maximum absolute atomic E-state index is 11.7. The number of piperazine rings is 1. The fourth-order valence-corrected chi connectivity index (χ4v) is 4.15. The first-order chi connectivity index (χ1) is 13.9. The SMILES string of the molecule is Cc1ccc(N2CCN(C(=S)Nc3ccc4c(C)cc(=O)oc4c3)CC2C)cc1. The Balaban J connectivity index is 1.45. The first kappa shape index (κ1) is 19.5. The van der Waals surface area contributed by atoms with Crippen molar-refractivity contribution in [2.24, 2.45) is 0 Å². The third-order valence-corrected chi connectivity index (χ3v) is 5.84. The molecule has 0 aliphatic carbocycles. The quantitative estimate of drug-likeness (QED) is 0.504. The zero-order valence-corrected chi connectivity index (χ0v) is 17.8. The molecule has 1 unspecified atom stereocenters. The van der Waals surface area contributed by atoms with E-state index >= 15 is 0 Å². The second-order valence-corrected chi connectivity index (χ2v) is 8.10. The highest BCUT2D eigenvalue weighted by molar-refractivity contribution is 7.80. The molecule has 0 bridgehead atoms. The van der Waals surface area contributed by atoms with E-state index in [-0.39, 0.29) is 5.63 Å². The first-order valence-electron chi connectivity index (χ1n) is 9.84. The molecule has 1 saturated heterocycles. The van der Waals surface area contributed by atoms with E-state index in [4.69, 9.17) is 16.6 Å². The van der Waals surface area contributed by atoms with Crippen molar-refractivity contribution in [3.05, 3.63) is 70.1 Å². The highest BCUT2D eigenvalue weighted by atomic mass is 32.1. The van der Waals surface area contributed by atoms with Crippen LogP contribution in [0.5, 0.6) is 0 Å². The van der Waals surface area contributed by atoms with Gasteiger partial charge in [-0.1, -0.05) is 17.7 Å². The lowest BCUT2D eigenvalue weighted by molar-refractivity contribution is 0.342. The maximum atomic E-state index is 11.7. The second kappa shape index (κ2) is 7.87. The van der Waals surface area contributed by atoms with Gasteiger partial charge in [-0.2, -0.15) is 0 Å². The Morgan fingerprint density at radius 1 is 1.10 bits per heavy atom. The molecule has 0 radical (unpaired) electrons. The molecule has 2 aromatic carbocycles. The van der Waals surface area contributed by atoms with Crippen molar-refractivity contribution in [1.29, 1.82) is 0 Å². The van der Waals surface area contributed by atoms with Crippen LogP contribution in [0.25, 0.3) is 11.0 Å². The minimum Gasteiger partial charge on any atom is -0.423 e. The van der Waals surface area contributed by atoms with E-state index in [0.717, 1.165) is 36.3 Å². The van der Waals surface area contributed by atoms with Crippen LogP contribution in [0.3, 0.4) is 0 Å². The number of nitrogens with one attached hydrogen (secondary N) is 1. The van der Waals surface area contributed by atoms with Crippen molar-refractivity contribution >= 4 is 39.7 Å². The van der Waals surface area contributed by atoms with Gasteiger partial charge in [0.15, 0.2) is 5.11 Å². The van der Waals surface area contributed by atoms with E-state index in [9.17, 15) is 4.79 Å². The number of fused-ring (bicyclic) bond motifs is 1. The molecule has 1 aromatic heterocycles. The summed E-state index contributed by atoms with van der Waals surface area (Å²) in [7, 11) is 0. The van der Waals surface area contributed by atoms with Gasteiger partial charge in [0, 0.05) is 54.6 Å². The molecule has 1 aliphatic rings. The first-order valence-corrected chi connectivity index (χ1v) is 10.3. The van der Waals surface area contributed by atoms with E-state index < -0.39 is 0 Å². The van der Waals surface area contributed by atoms with Crippen LogP contribution < -0.4 is 15.8 Å². The summed E-state index contributed by atoms with van der Waals surface area (Å²) in [5.74, 6) is 0. The molecule has 3 aromatic rings. The van der Waals surface area contributed by atoms with Crippen molar-refractivity contribution in [3.63, 3.8) is 0 Å². The molecule has 1 fully saturated rings. The Labute approximate surface area is 175 Å². The van der Waals surface area contributed by atoms with Crippen LogP contribution in [0.1, 0.15) is 18.1 Å². The predicted molar refractivity (Wildman–Crippen MR) is 123 cm³/mol. The Morgan fingerprint density at radius 3 is 2.59 bits per heavy atom. The van der Waals surface area contributed by atoms with Gasteiger partial charge in [0.1, 0.15) is 5.58 Å². The average molecular weight is 408 g/mol. The molecule has 29 heavy (non-hydrogen) atoms. The van der Waals surface area contributed by atoms with Crippen molar-refractivity contribution in [1.82, 2.24) is 4.90 Å². The number of rotatable bonds is 2. The Bertz CT molecular complexity index is 1110. The number of aryl methyl sites for hydroxylation is 2. The van der Waals surface area contributed by atoms with Crippen molar-refractivity contribution in [3.8, 4) is 0 Å². The number of thiocarbonyl (C=S) groups is 1. The zero-order valence-electron chi connectivity index (χ0n) is 16.9. The second-order valence-electron chi connectivity index (χ2n) is 7.71. The summed E-state index contributed by atoms with van der Waals surface area (Å²) >= 11 is 5.66. The molecule has 0 spiro atoms. The highest BCUT2D eigenvalue weighted by Gasteiger charge is 2.25. The molecular weight excluding hydrogens is 382 g/mol. The zero-order chi connectivity index (χ0) is 20.5. The van der Waals surface area contributed by atoms with E-state index in [1.165, 1.54) is 17.3 Å². The minimum atomic E-state index is -0.337. The van der Waals surface area contributed by atoms with Crippen LogP contribution in [0, 0.1) is 13.8 Å². The van der Waals surface area contributed by atoms with E-state index in [1.54, 1.807) is 0 Å². The molecule has 4 rings (SSSR count). The minimum absolute atomic E-state index is 0.337. The fraction of sp³-hybridized carbons (Fsp3) is 0.304. The van der Waals surface area contributed by atoms with E-state index in [0.29, 0.717) is 16.7 Å². The number of hydrogen-bond acceptors (Lipinski definition) is 4. The summed E-state index contributed by atoms with van der Waals surface area (Å²) in [6.45, 7) is 8.85. The standard InChI is InChI=1S/C23H25N3O2S/c1-15-4-7-19(8-5-15)26-11-10-25(14-17(26)3)23(29)24-18-6-9-20-16(2)12-22(27)28-21(20)13-18/h4-9,12-13,17H,10-11,14H2,1-3H3,(H,24,29). The number of nitrogens with zero attached hydrogens (tertiary/aromatic N) is 2. The molecule has 1 aliphatic heterocycles. The Kier molecular flexibility index (Phi) is 5.28. The van der Waals surface area contributed by atoms with Crippen LogP contribution in [0.2, 0.25) is 0 Å². The van der Waals surface area contributed by atoms with Gasteiger partial charge in [-0.25, -0.2) is 4.79 Å². The Hall–Kier alpha value is -2.86. The fourth-order valence-electron chi connectivity index (χ4n) is 3.87. The van der Waals surface area contributed by atoms with Gasteiger partial charge in [0.25, 0.3) is 0 Å². The monoisotopic (exact) mass is 407 g/mol. The molecule has 1 N–H and O–H groups in total. The molecule has 0 saturated carbocycles. The van der Waals surface area contributed by atoms with Crippen LogP contribution in [0.15, 0.2) is 57.7 Å². The summed E-state index contributed by atoms with van der Waals surface area (Å²) in [6.07, 6.45) is 0. The van der Waals surface area contributed by atoms with Crippen molar-refractivity contribution < 1.29 is 4.42 Å². The van der Waals surface area contributed by atoms with Crippen LogP contribution in [-0.2, 0) is 0 Å². The molecule has 1 atom stereocenters. The van der Waals surface area contributed by atoms with Gasteiger partial charge in [0.2, 0.25) is 0 Å². The lowest BCUT2D eigenvalue weighted by Crippen LogP contribution is -2.54. The van der Waals surface area contributed by atoms with E-state index in [2.05, 4.69) is 53.2 Å². The number of hydrogen-bond donors (Lipinski definition) is 1. The number of anilines is 2. The molecule has 2 heterocycles. The van der Waals surface area contributed by atoms with Crippen LogP contribution in [-0.4, -0.2) is 35.7 Å². The van der Waals surface area contributed by atoms with Gasteiger partial charge in [0.05, 0.1) is 0 Å². The average Bonchev–Trinajstić information content (AvgIpc) is 2.68. The van der Waals surface area contributed by atoms with Crippen LogP contribution in [0.4, 0.5) is 11.4 Å². The van der Waals surface area contributed by atoms with Crippen molar-refractivity contribution in [2.75, 3.05) is 29.9 Å². The Morgan fingerprint density at radius 2 is 1.86 bits per heavy atom. The summed E-state index contributed by atoms with van der Waals surface area (Å²) < 4.78 is 5.34. The van der Waals surface area contributed by atoms with E-state index in [1.807, 2.05) is 25.1 Å². The maximum Gasteiger partial charge on any atom is 0.336 e. The third kappa shape index (κ3) is 4.12. The highest BCUT2D eigenvalue weighted by Crippen LogP contribution is 2.23.